The zero-order chi connectivity index (χ0) is 19.9. The first-order valence-electron chi connectivity index (χ1n) is 9.75. The van der Waals surface area contributed by atoms with Gasteiger partial charge < -0.3 is 9.64 Å². The fraction of sp³-hybridized carbons (Fsp3) is 0.476. The number of benzene rings is 1. The van der Waals surface area contributed by atoms with Crippen LogP contribution in [0, 0.1) is 0 Å². The van der Waals surface area contributed by atoms with E-state index in [2.05, 4.69) is 0 Å². The third-order valence-electron chi connectivity index (χ3n) is 5.00. The Morgan fingerprint density at radius 2 is 2.00 bits per heavy atom. The molecule has 150 valence electrons. The van der Waals surface area contributed by atoms with Crippen LogP contribution in [0.5, 0.6) is 5.75 Å². The molecule has 2 aliphatic rings. The number of rotatable bonds is 6. The molecule has 2 aliphatic heterocycles. The second-order valence-corrected chi connectivity index (χ2v) is 8.68. The maximum absolute atomic E-state index is 12.7. The van der Waals surface area contributed by atoms with Gasteiger partial charge in [-0.05, 0) is 43.0 Å². The molecule has 0 N–H and O–H groups in total. The maximum atomic E-state index is 12.7. The van der Waals surface area contributed by atoms with Crippen molar-refractivity contribution in [2.24, 2.45) is 0 Å². The number of amides is 2. The number of hydrogen-bond donors (Lipinski definition) is 0. The van der Waals surface area contributed by atoms with Crippen molar-refractivity contribution in [3.8, 4) is 5.75 Å². The summed E-state index contributed by atoms with van der Waals surface area (Å²) in [7, 11) is 1.62. The van der Waals surface area contributed by atoms with E-state index in [0.717, 1.165) is 37.2 Å². The highest BCUT2D eigenvalue weighted by atomic mass is 32.2. The van der Waals surface area contributed by atoms with Gasteiger partial charge in [-0.2, -0.15) is 0 Å². The van der Waals surface area contributed by atoms with Crippen LogP contribution >= 0.6 is 24.0 Å². The van der Waals surface area contributed by atoms with Crippen LogP contribution in [-0.4, -0.2) is 52.7 Å². The van der Waals surface area contributed by atoms with Crippen molar-refractivity contribution in [2.45, 2.75) is 38.5 Å². The van der Waals surface area contributed by atoms with Gasteiger partial charge in [0.2, 0.25) is 5.91 Å². The average Bonchev–Trinajstić information content (AvgIpc) is 2.90. The van der Waals surface area contributed by atoms with E-state index in [0.29, 0.717) is 28.6 Å². The van der Waals surface area contributed by atoms with Crippen LogP contribution in [0.3, 0.4) is 0 Å². The zero-order valence-electron chi connectivity index (χ0n) is 16.2. The summed E-state index contributed by atoms with van der Waals surface area (Å²) in [5.74, 6) is 0.857. The van der Waals surface area contributed by atoms with E-state index in [1.807, 2.05) is 35.2 Å². The Bertz CT molecular complexity index is 771. The molecule has 1 aromatic rings. The fourth-order valence-corrected chi connectivity index (χ4v) is 4.75. The van der Waals surface area contributed by atoms with Gasteiger partial charge in [0.05, 0.1) is 12.0 Å². The minimum Gasteiger partial charge on any atom is -0.497 e. The van der Waals surface area contributed by atoms with Gasteiger partial charge in [-0.1, -0.05) is 49.0 Å². The third kappa shape index (κ3) is 5.35. The topological polar surface area (TPSA) is 49.9 Å². The number of methoxy groups -OCH3 is 1. The number of ether oxygens (including phenoxy) is 1. The van der Waals surface area contributed by atoms with E-state index in [-0.39, 0.29) is 11.8 Å². The third-order valence-corrected chi connectivity index (χ3v) is 6.37. The highest BCUT2D eigenvalue weighted by Gasteiger charge is 2.31. The Hall–Kier alpha value is -1.86. The van der Waals surface area contributed by atoms with Crippen molar-refractivity contribution >= 4 is 46.2 Å². The number of likely N-dealkylation sites (tertiary alicyclic amines) is 1. The first kappa shape index (κ1) is 20.9. The SMILES string of the molecule is COc1cccc(C=C2SC(=S)N(CCCC(=O)N3CCCCCC3)C2=O)c1. The van der Waals surface area contributed by atoms with Crippen LogP contribution in [0.1, 0.15) is 44.1 Å². The lowest BCUT2D eigenvalue weighted by molar-refractivity contribution is -0.131. The molecule has 0 unspecified atom stereocenters. The van der Waals surface area contributed by atoms with E-state index >= 15 is 0 Å². The molecule has 3 rings (SSSR count). The Morgan fingerprint density at radius 3 is 2.71 bits per heavy atom. The Kier molecular flexibility index (Phi) is 7.50. The molecule has 0 aromatic heterocycles. The number of thioether (sulfide) groups is 1. The van der Waals surface area contributed by atoms with Crippen molar-refractivity contribution in [1.82, 2.24) is 9.80 Å². The summed E-state index contributed by atoms with van der Waals surface area (Å²) in [5, 5.41) is 0. The molecule has 0 spiro atoms. The molecule has 2 heterocycles. The first-order chi connectivity index (χ1) is 13.6. The fourth-order valence-electron chi connectivity index (χ4n) is 3.44. The summed E-state index contributed by atoms with van der Waals surface area (Å²) in [6, 6.07) is 7.56. The summed E-state index contributed by atoms with van der Waals surface area (Å²) >= 11 is 6.70. The second kappa shape index (κ2) is 10.1. The van der Waals surface area contributed by atoms with E-state index in [4.69, 9.17) is 17.0 Å². The molecular weight excluding hydrogens is 392 g/mol. The molecule has 2 fully saturated rings. The predicted molar refractivity (Wildman–Crippen MR) is 117 cm³/mol. The van der Waals surface area contributed by atoms with Gasteiger partial charge in [-0.25, -0.2) is 0 Å². The van der Waals surface area contributed by atoms with Crippen molar-refractivity contribution in [1.29, 1.82) is 0 Å². The van der Waals surface area contributed by atoms with Crippen molar-refractivity contribution in [3.05, 3.63) is 34.7 Å². The van der Waals surface area contributed by atoms with E-state index in [1.54, 1.807) is 12.0 Å². The van der Waals surface area contributed by atoms with E-state index in [9.17, 15) is 9.59 Å². The highest BCUT2D eigenvalue weighted by Crippen LogP contribution is 2.33. The maximum Gasteiger partial charge on any atom is 0.266 e. The number of thiocarbonyl (C=S) groups is 1. The standard InChI is InChI=1S/C21H26N2O3S2/c1-26-17-9-6-8-16(14-17)15-18-20(25)23(21(27)28-18)13-7-10-19(24)22-11-4-2-3-5-12-22/h6,8-9,14-15H,2-5,7,10-13H2,1H3. The minimum atomic E-state index is -0.0833. The Morgan fingerprint density at radius 1 is 1.25 bits per heavy atom. The molecular formula is C21H26N2O3S2. The van der Waals surface area contributed by atoms with Crippen LogP contribution in [0.2, 0.25) is 0 Å². The van der Waals surface area contributed by atoms with Crippen LogP contribution in [-0.2, 0) is 9.59 Å². The van der Waals surface area contributed by atoms with Crippen LogP contribution in [0.4, 0.5) is 0 Å². The lowest BCUT2D eigenvalue weighted by atomic mass is 10.2. The van der Waals surface area contributed by atoms with E-state index < -0.39 is 0 Å². The molecule has 28 heavy (non-hydrogen) atoms. The summed E-state index contributed by atoms with van der Waals surface area (Å²) in [6.45, 7) is 2.21. The van der Waals surface area contributed by atoms with Gasteiger partial charge in [0.1, 0.15) is 10.1 Å². The summed E-state index contributed by atoms with van der Waals surface area (Å²) in [6.07, 6.45) is 7.54. The first-order valence-corrected chi connectivity index (χ1v) is 11.0. The van der Waals surface area contributed by atoms with Gasteiger partial charge in [0.25, 0.3) is 5.91 Å². The van der Waals surface area contributed by atoms with Crippen molar-refractivity contribution in [2.75, 3.05) is 26.7 Å². The highest BCUT2D eigenvalue weighted by molar-refractivity contribution is 8.26. The summed E-state index contributed by atoms with van der Waals surface area (Å²) in [4.78, 5) is 29.3. The summed E-state index contributed by atoms with van der Waals surface area (Å²) in [5.41, 5.74) is 0.899. The lowest BCUT2D eigenvalue weighted by Crippen LogP contribution is -2.33. The normalized spacial score (nSPS) is 19.2. The minimum absolute atomic E-state index is 0.0833. The van der Waals surface area contributed by atoms with Crippen molar-refractivity contribution in [3.63, 3.8) is 0 Å². The largest absolute Gasteiger partial charge is 0.497 e. The Balaban J connectivity index is 1.54. The smallest absolute Gasteiger partial charge is 0.266 e. The van der Waals surface area contributed by atoms with Gasteiger partial charge in [0.15, 0.2) is 0 Å². The molecule has 1 aromatic carbocycles. The van der Waals surface area contributed by atoms with Gasteiger partial charge in [0, 0.05) is 26.1 Å². The van der Waals surface area contributed by atoms with Gasteiger partial charge >= 0.3 is 0 Å². The quantitative estimate of drug-likeness (QED) is 0.515. The van der Waals surface area contributed by atoms with Gasteiger partial charge in [-0.15, -0.1) is 0 Å². The number of carbonyl (C=O) groups is 2. The van der Waals surface area contributed by atoms with Crippen molar-refractivity contribution < 1.29 is 14.3 Å². The average molecular weight is 419 g/mol. The lowest BCUT2D eigenvalue weighted by Gasteiger charge is -2.21. The van der Waals surface area contributed by atoms with E-state index in [1.165, 1.54) is 24.6 Å². The second-order valence-electron chi connectivity index (χ2n) is 7.01. The number of hydrogen-bond acceptors (Lipinski definition) is 5. The molecule has 0 atom stereocenters. The summed E-state index contributed by atoms with van der Waals surface area (Å²) < 4.78 is 5.79. The molecule has 0 bridgehead atoms. The molecule has 2 amide bonds. The molecule has 7 heteroatoms. The van der Waals surface area contributed by atoms with Crippen LogP contribution in [0.25, 0.3) is 6.08 Å². The Labute approximate surface area is 176 Å². The monoisotopic (exact) mass is 418 g/mol. The van der Waals surface area contributed by atoms with Gasteiger partial charge in [-0.3, -0.25) is 14.5 Å². The number of carbonyl (C=O) groups excluding carboxylic acids is 2. The molecule has 5 nitrogen and oxygen atoms in total. The van der Waals surface area contributed by atoms with Crippen LogP contribution < -0.4 is 4.74 Å². The molecule has 0 aliphatic carbocycles. The molecule has 0 saturated carbocycles. The molecule has 0 radical (unpaired) electrons. The molecule has 2 saturated heterocycles. The predicted octanol–water partition coefficient (Wildman–Crippen LogP) is 4.08. The number of nitrogens with zero attached hydrogens (tertiary/aromatic N) is 2. The zero-order valence-corrected chi connectivity index (χ0v) is 17.8. The van der Waals surface area contributed by atoms with Crippen LogP contribution in [0.15, 0.2) is 29.2 Å².